The van der Waals surface area contributed by atoms with Crippen LogP contribution in [-0.4, -0.2) is 22.9 Å². The third kappa shape index (κ3) is 3.61. The largest absolute Gasteiger partial charge is 0.496 e. The Morgan fingerprint density at radius 1 is 1.25 bits per heavy atom. The number of ether oxygens (including phenoxy) is 1. The summed E-state index contributed by atoms with van der Waals surface area (Å²) in [6.45, 7) is 7.93. The van der Waals surface area contributed by atoms with E-state index in [0.717, 1.165) is 30.1 Å². The molecule has 4 nitrogen and oxygen atoms in total. The average Bonchev–Trinajstić information content (AvgIpc) is 2.77. The van der Waals surface area contributed by atoms with Crippen molar-refractivity contribution in [1.82, 2.24) is 15.1 Å². The van der Waals surface area contributed by atoms with Crippen molar-refractivity contribution in [1.29, 1.82) is 0 Å². The van der Waals surface area contributed by atoms with Crippen molar-refractivity contribution in [3.8, 4) is 5.75 Å². The first-order chi connectivity index (χ1) is 9.60. The van der Waals surface area contributed by atoms with E-state index in [9.17, 15) is 0 Å². The first kappa shape index (κ1) is 14.6. The number of rotatable bonds is 6. The van der Waals surface area contributed by atoms with Gasteiger partial charge in [0.15, 0.2) is 0 Å². The smallest absolute Gasteiger partial charge is 0.123 e. The van der Waals surface area contributed by atoms with Crippen molar-refractivity contribution < 1.29 is 4.74 Å². The highest BCUT2D eigenvalue weighted by Crippen LogP contribution is 2.18. The van der Waals surface area contributed by atoms with Crippen LogP contribution in [0.4, 0.5) is 0 Å². The minimum absolute atomic E-state index is 0.479. The van der Waals surface area contributed by atoms with Crippen molar-refractivity contribution in [3.05, 3.63) is 47.3 Å². The van der Waals surface area contributed by atoms with E-state index >= 15 is 0 Å². The van der Waals surface area contributed by atoms with Gasteiger partial charge in [-0.1, -0.05) is 32.0 Å². The highest BCUT2D eigenvalue weighted by atomic mass is 16.5. The van der Waals surface area contributed by atoms with Gasteiger partial charge < -0.3 is 10.1 Å². The maximum absolute atomic E-state index is 5.38. The summed E-state index contributed by atoms with van der Waals surface area (Å²) in [5, 5.41) is 8.00. The number of methoxy groups -OCH3 is 1. The molecule has 20 heavy (non-hydrogen) atoms. The van der Waals surface area contributed by atoms with Gasteiger partial charge in [0.1, 0.15) is 5.75 Å². The van der Waals surface area contributed by atoms with Crippen LogP contribution >= 0.6 is 0 Å². The number of aryl methyl sites for hydroxylation is 1. The standard InChI is InChI=1S/C16H23N3O/c1-12(2)17-9-15-11-19(18-13(15)3)10-14-7-5-6-8-16(14)20-4/h5-8,11-12,17H,9-10H2,1-4H3. The third-order valence-corrected chi connectivity index (χ3v) is 3.27. The normalized spacial score (nSPS) is 11.1. The molecule has 0 saturated carbocycles. The minimum atomic E-state index is 0.479. The zero-order chi connectivity index (χ0) is 14.5. The van der Waals surface area contributed by atoms with Crippen LogP contribution in [0.15, 0.2) is 30.5 Å². The number of benzene rings is 1. The molecule has 0 amide bonds. The van der Waals surface area contributed by atoms with Gasteiger partial charge in [0.05, 0.1) is 19.3 Å². The van der Waals surface area contributed by atoms with E-state index in [1.165, 1.54) is 5.56 Å². The predicted molar refractivity (Wildman–Crippen MR) is 81.0 cm³/mol. The van der Waals surface area contributed by atoms with Gasteiger partial charge in [0.25, 0.3) is 0 Å². The molecule has 0 saturated heterocycles. The molecule has 0 aliphatic rings. The van der Waals surface area contributed by atoms with Crippen molar-refractivity contribution in [2.75, 3.05) is 7.11 Å². The van der Waals surface area contributed by atoms with Crippen LogP contribution in [0, 0.1) is 6.92 Å². The highest BCUT2D eigenvalue weighted by molar-refractivity contribution is 5.33. The Balaban J connectivity index is 2.12. The van der Waals surface area contributed by atoms with Gasteiger partial charge in [-0.25, -0.2) is 0 Å². The SMILES string of the molecule is COc1ccccc1Cn1cc(CNC(C)C)c(C)n1. The molecule has 1 aromatic carbocycles. The topological polar surface area (TPSA) is 39.1 Å². The Morgan fingerprint density at radius 3 is 2.70 bits per heavy atom. The van der Waals surface area contributed by atoms with Crippen molar-refractivity contribution in [2.45, 2.75) is 39.9 Å². The fourth-order valence-electron chi connectivity index (χ4n) is 2.14. The van der Waals surface area contributed by atoms with Crippen LogP contribution < -0.4 is 10.1 Å². The van der Waals surface area contributed by atoms with Crippen LogP contribution in [0.1, 0.15) is 30.7 Å². The summed E-state index contributed by atoms with van der Waals surface area (Å²) >= 11 is 0. The number of aromatic nitrogens is 2. The van der Waals surface area contributed by atoms with Gasteiger partial charge in [0, 0.05) is 29.9 Å². The lowest BCUT2D eigenvalue weighted by molar-refractivity contribution is 0.407. The summed E-state index contributed by atoms with van der Waals surface area (Å²) < 4.78 is 7.36. The summed E-state index contributed by atoms with van der Waals surface area (Å²) in [6.07, 6.45) is 2.11. The van der Waals surface area contributed by atoms with Crippen LogP contribution in [0.3, 0.4) is 0 Å². The van der Waals surface area contributed by atoms with E-state index in [2.05, 4.69) is 43.4 Å². The van der Waals surface area contributed by atoms with Crippen molar-refractivity contribution in [2.24, 2.45) is 0 Å². The number of para-hydroxylation sites is 1. The van der Waals surface area contributed by atoms with E-state index in [-0.39, 0.29) is 0 Å². The molecule has 0 unspecified atom stereocenters. The number of hydrogen-bond acceptors (Lipinski definition) is 3. The molecule has 1 N–H and O–H groups in total. The van der Waals surface area contributed by atoms with E-state index in [1.807, 2.05) is 22.9 Å². The molecule has 0 spiro atoms. The second-order valence-corrected chi connectivity index (χ2v) is 5.28. The number of nitrogens with one attached hydrogen (secondary N) is 1. The average molecular weight is 273 g/mol. The lowest BCUT2D eigenvalue weighted by Gasteiger charge is -2.08. The summed E-state index contributed by atoms with van der Waals surface area (Å²) in [5.74, 6) is 0.905. The molecule has 4 heteroatoms. The fourth-order valence-corrected chi connectivity index (χ4v) is 2.14. The lowest BCUT2D eigenvalue weighted by Crippen LogP contribution is -2.21. The molecular weight excluding hydrogens is 250 g/mol. The Labute approximate surface area is 120 Å². The molecule has 0 atom stereocenters. The van der Waals surface area contributed by atoms with E-state index in [0.29, 0.717) is 6.04 Å². The number of hydrogen-bond donors (Lipinski definition) is 1. The van der Waals surface area contributed by atoms with Gasteiger partial charge >= 0.3 is 0 Å². The molecule has 108 valence electrons. The molecule has 0 bridgehead atoms. The summed E-state index contributed by atoms with van der Waals surface area (Å²) in [7, 11) is 1.70. The minimum Gasteiger partial charge on any atom is -0.496 e. The van der Waals surface area contributed by atoms with Gasteiger partial charge in [-0.15, -0.1) is 0 Å². The quantitative estimate of drug-likeness (QED) is 0.879. The molecule has 0 radical (unpaired) electrons. The molecule has 0 aliphatic heterocycles. The van der Waals surface area contributed by atoms with Gasteiger partial charge in [-0.2, -0.15) is 5.10 Å². The first-order valence-electron chi connectivity index (χ1n) is 6.98. The Morgan fingerprint density at radius 2 is 2.00 bits per heavy atom. The summed E-state index contributed by atoms with van der Waals surface area (Å²) in [6, 6.07) is 8.53. The fraction of sp³-hybridized carbons (Fsp3) is 0.438. The Hall–Kier alpha value is -1.81. The zero-order valence-corrected chi connectivity index (χ0v) is 12.7. The molecule has 1 heterocycles. The van der Waals surface area contributed by atoms with Crippen LogP contribution in [0.25, 0.3) is 0 Å². The van der Waals surface area contributed by atoms with Crippen LogP contribution in [-0.2, 0) is 13.1 Å². The zero-order valence-electron chi connectivity index (χ0n) is 12.7. The molecule has 2 rings (SSSR count). The lowest BCUT2D eigenvalue weighted by atomic mass is 10.2. The summed E-state index contributed by atoms with van der Waals surface area (Å²) in [5.41, 5.74) is 3.46. The second-order valence-electron chi connectivity index (χ2n) is 5.28. The molecule has 0 fully saturated rings. The maximum Gasteiger partial charge on any atom is 0.123 e. The van der Waals surface area contributed by atoms with E-state index in [4.69, 9.17) is 4.74 Å². The summed E-state index contributed by atoms with van der Waals surface area (Å²) in [4.78, 5) is 0. The van der Waals surface area contributed by atoms with E-state index in [1.54, 1.807) is 7.11 Å². The molecular formula is C16H23N3O. The Bertz CT molecular complexity index is 561. The molecule has 2 aromatic rings. The van der Waals surface area contributed by atoms with Crippen molar-refractivity contribution in [3.63, 3.8) is 0 Å². The van der Waals surface area contributed by atoms with Crippen LogP contribution in [0.2, 0.25) is 0 Å². The van der Waals surface area contributed by atoms with Gasteiger partial charge in [-0.3, -0.25) is 4.68 Å². The third-order valence-electron chi connectivity index (χ3n) is 3.27. The monoisotopic (exact) mass is 273 g/mol. The second kappa shape index (κ2) is 6.57. The van der Waals surface area contributed by atoms with Gasteiger partial charge in [-0.05, 0) is 13.0 Å². The van der Waals surface area contributed by atoms with E-state index < -0.39 is 0 Å². The Kier molecular flexibility index (Phi) is 4.79. The van der Waals surface area contributed by atoms with Crippen LogP contribution in [0.5, 0.6) is 5.75 Å². The maximum atomic E-state index is 5.38. The number of nitrogens with zero attached hydrogens (tertiary/aromatic N) is 2. The highest BCUT2D eigenvalue weighted by Gasteiger charge is 2.08. The van der Waals surface area contributed by atoms with Gasteiger partial charge in [0.2, 0.25) is 0 Å². The molecule has 0 aliphatic carbocycles. The molecule has 1 aromatic heterocycles. The van der Waals surface area contributed by atoms with Crippen molar-refractivity contribution >= 4 is 0 Å². The first-order valence-corrected chi connectivity index (χ1v) is 6.98. The predicted octanol–water partition coefficient (Wildman–Crippen LogP) is 2.75.